The number of likely N-dealkylation sites (tertiary alicyclic amines) is 1. The highest BCUT2D eigenvalue weighted by Crippen LogP contribution is 2.20. The Kier molecular flexibility index (Phi) is 5.72. The molecule has 24 heavy (non-hydrogen) atoms. The summed E-state index contributed by atoms with van der Waals surface area (Å²) in [4.78, 5) is 23.9. The van der Waals surface area contributed by atoms with E-state index in [0.717, 1.165) is 44.1 Å². The molecule has 2 saturated heterocycles. The van der Waals surface area contributed by atoms with Gasteiger partial charge in [0, 0.05) is 44.3 Å². The van der Waals surface area contributed by atoms with Gasteiger partial charge < -0.3 is 14.7 Å². The van der Waals surface area contributed by atoms with E-state index in [1.807, 2.05) is 17.9 Å². The summed E-state index contributed by atoms with van der Waals surface area (Å²) in [6, 6.07) is 6.73. The number of hydrogen-bond acceptors (Lipinski definition) is 4. The standard InChI is InChI=1S/C19H30N4O/c1-16-6-5-8-18(20-16)22-12-14-23(15-13-22)19(24)10-9-17-7-3-4-11-21(17)2/h5-6,8,17H,3-4,7,9-15H2,1-2H3. The number of piperidine rings is 1. The van der Waals surface area contributed by atoms with E-state index in [4.69, 9.17) is 0 Å². The van der Waals surface area contributed by atoms with Crippen molar-refractivity contribution in [3.63, 3.8) is 0 Å². The van der Waals surface area contributed by atoms with Gasteiger partial charge >= 0.3 is 0 Å². The van der Waals surface area contributed by atoms with Crippen molar-refractivity contribution in [2.45, 2.75) is 45.1 Å². The average Bonchev–Trinajstić information content (AvgIpc) is 2.61. The summed E-state index contributed by atoms with van der Waals surface area (Å²) in [6.45, 7) is 6.59. The summed E-state index contributed by atoms with van der Waals surface area (Å²) in [6.07, 6.45) is 5.56. The van der Waals surface area contributed by atoms with Crippen LogP contribution in [0.5, 0.6) is 0 Å². The van der Waals surface area contributed by atoms with Crippen LogP contribution in [-0.2, 0) is 4.79 Å². The van der Waals surface area contributed by atoms with Gasteiger partial charge in [0.25, 0.3) is 0 Å². The molecule has 5 nitrogen and oxygen atoms in total. The average molecular weight is 330 g/mol. The molecule has 0 aliphatic carbocycles. The van der Waals surface area contributed by atoms with Crippen molar-refractivity contribution in [3.8, 4) is 0 Å². The molecule has 3 rings (SSSR count). The summed E-state index contributed by atoms with van der Waals surface area (Å²) in [7, 11) is 2.20. The fourth-order valence-electron chi connectivity index (χ4n) is 3.85. The zero-order chi connectivity index (χ0) is 16.9. The van der Waals surface area contributed by atoms with Gasteiger partial charge in [0.05, 0.1) is 0 Å². The molecule has 1 unspecified atom stereocenters. The van der Waals surface area contributed by atoms with E-state index in [9.17, 15) is 4.79 Å². The molecule has 0 saturated carbocycles. The highest BCUT2D eigenvalue weighted by molar-refractivity contribution is 5.76. The molecule has 2 fully saturated rings. The Balaban J connectivity index is 1.45. The van der Waals surface area contributed by atoms with Gasteiger partial charge in [0.2, 0.25) is 5.91 Å². The molecule has 1 amide bonds. The van der Waals surface area contributed by atoms with Crippen molar-refractivity contribution in [2.24, 2.45) is 0 Å². The highest BCUT2D eigenvalue weighted by Gasteiger charge is 2.24. The number of hydrogen-bond donors (Lipinski definition) is 0. The van der Waals surface area contributed by atoms with Gasteiger partial charge in [0.15, 0.2) is 0 Å². The molecule has 1 aromatic heterocycles. The molecule has 0 bridgehead atoms. The first-order chi connectivity index (χ1) is 11.6. The lowest BCUT2D eigenvalue weighted by atomic mass is 9.98. The summed E-state index contributed by atoms with van der Waals surface area (Å²) < 4.78 is 0. The number of nitrogens with zero attached hydrogens (tertiary/aromatic N) is 4. The Labute approximate surface area is 145 Å². The van der Waals surface area contributed by atoms with Gasteiger partial charge in [-0.3, -0.25) is 4.79 Å². The van der Waals surface area contributed by atoms with Crippen LogP contribution in [0.1, 0.15) is 37.8 Å². The topological polar surface area (TPSA) is 39.7 Å². The lowest BCUT2D eigenvalue weighted by Gasteiger charge is -2.36. The third-order valence-corrected chi connectivity index (χ3v) is 5.44. The minimum absolute atomic E-state index is 0.325. The third-order valence-electron chi connectivity index (χ3n) is 5.44. The largest absolute Gasteiger partial charge is 0.353 e. The van der Waals surface area contributed by atoms with Crippen LogP contribution in [-0.4, -0.2) is 66.5 Å². The summed E-state index contributed by atoms with van der Waals surface area (Å²) in [5, 5.41) is 0. The second-order valence-electron chi connectivity index (χ2n) is 7.17. The molecule has 3 heterocycles. The van der Waals surface area contributed by atoms with E-state index in [-0.39, 0.29) is 0 Å². The van der Waals surface area contributed by atoms with E-state index in [0.29, 0.717) is 18.4 Å². The fourth-order valence-corrected chi connectivity index (χ4v) is 3.85. The molecule has 0 spiro atoms. The zero-order valence-corrected chi connectivity index (χ0v) is 15.1. The van der Waals surface area contributed by atoms with Gasteiger partial charge in [-0.1, -0.05) is 12.5 Å². The van der Waals surface area contributed by atoms with Crippen LogP contribution in [0.3, 0.4) is 0 Å². The predicted octanol–water partition coefficient (Wildman–Crippen LogP) is 2.30. The molecule has 0 N–H and O–H groups in total. The Morgan fingerprint density at radius 2 is 1.96 bits per heavy atom. The molecular formula is C19H30N4O. The fraction of sp³-hybridized carbons (Fsp3) is 0.684. The highest BCUT2D eigenvalue weighted by atomic mass is 16.2. The molecule has 1 atom stereocenters. The number of carbonyl (C=O) groups is 1. The first-order valence-corrected chi connectivity index (χ1v) is 9.30. The lowest BCUT2D eigenvalue weighted by molar-refractivity contribution is -0.131. The number of piperazine rings is 1. The van der Waals surface area contributed by atoms with Crippen LogP contribution in [0, 0.1) is 6.92 Å². The molecule has 0 aromatic carbocycles. The van der Waals surface area contributed by atoms with Gasteiger partial charge in [0.1, 0.15) is 5.82 Å². The van der Waals surface area contributed by atoms with E-state index < -0.39 is 0 Å². The van der Waals surface area contributed by atoms with Crippen molar-refractivity contribution in [1.29, 1.82) is 0 Å². The second-order valence-corrected chi connectivity index (χ2v) is 7.17. The van der Waals surface area contributed by atoms with Crippen molar-refractivity contribution in [1.82, 2.24) is 14.8 Å². The number of rotatable bonds is 4. The van der Waals surface area contributed by atoms with Gasteiger partial charge in [-0.05, 0) is 51.9 Å². The lowest BCUT2D eigenvalue weighted by Crippen LogP contribution is -2.49. The second kappa shape index (κ2) is 7.97. The maximum Gasteiger partial charge on any atom is 0.222 e. The predicted molar refractivity (Wildman–Crippen MR) is 97.3 cm³/mol. The first kappa shape index (κ1) is 17.2. The van der Waals surface area contributed by atoms with Crippen molar-refractivity contribution < 1.29 is 4.79 Å². The number of amides is 1. The smallest absolute Gasteiger partial charge is 0.222 e. The molecule has 5 heteroatoms. The molecule has 2 aliphatic rings. The van der Waals surface area contributed by atoms with E-state index in [2.05, 4.69) is 34.0 Å². The van der Waals surface area contributed by atoms with Crippen molar-refractivity contribution in [2.75, 3.05) is 44.7 Å². The Morgan fingerprint density at radius 3 is 2.67 bits per heavy atom. The monoisotopic (exact) mass is 330 g/mol. The molecule has 2 aliphatic heterocycles. The normalized spacial score (nSPS) is 22.7. The van der Waals surface area contributed by atoms with Crippen LogP contribution in [0.25, 0.3) is 0 Å². The number of aryl methyl sites for hydroxylation is 1. The van der Waals surface area contributed by atoms with Crippen LogP contribution < -0.4 is 4.90 Å². The van der Waals surface area contributed by atoms with Crippen molar-refractivity contribution in [3.05, 3.63) is 23.9 Å². The van der Waals surface area contributed by atoms with Crippen LogP contribution in [0.4, 0.5) is 5.82 Å². The molecule has 0 radical (unpaired) electrons. The van der Waals surface area contributed by atoms with Gasteiger partial charge in [-0.15, -0.1) is 0 Å². The number of anilines is 1. The summed E-state index contributed by atoms with van der Waals surface area (Å²) >= 11 is 0. The molecule has 1 aromatic rings. The number of carbonyl (C=O) groups excluding carboxylic acids is 1. The van der Waals surface area contributed by atoms with E-state index in [1.165, 1.54) is 25.8 Å². The maximum absolute atomic E-state index is 12.5. The zero-order valence-electron chi connectivity index (χ0n) is 15.1. The molecule has 132 valence electrons. The van der Waals surface area contributed by atoms with Gasteiger partial charge in [-0.2, -0.15) is 0 Å². The van der Waals surface area contributed by atoms with E-state index in [1.54, 1.807) is 0 Å². The Bertz CT molecular complexity index is 554. The van der Waals surface area contributed by atoms with E-state index >= 15 is 0 Å². The van der Waals surface area contributed by atoms with Crippen LogP contribution >= 0.6 is 0 Å². The quantitative estimate of drug-likeness (QED) is 0.849. The number of pyridine rings is 1. The maximum atomic E-state index is 12.5. The number of aromatic nitrogens is 1. The molecular weight excluding hydrogens is 300 g/mol. The Morgan fingerprint density at radius 1 is 1.17 bits per heavy atom. The first-order valence-electron chi connectivity index (χ1n) is 9.30. The van der Waals surface area contributed by atoms with Crippen LogP contribution in [0.15, 0.2) is 18.2 Å². The minimum Gasteiger partial charge on any atom is -0.353 e. The third kappa shape index (κ3) is 4.26. The van der Waals surface area contributed by atoms with Crippen molar-refractivity contribution >= 4 is 11.7 Å². The minimum atomic E-state index is 0.325. The summed E-state index contributed by atoms with van der Waals surface area (Å²) in [5.41, 5.74) is 1.04. The Hall–Kier alpha value is -1.62. The SMILES string of the molecule is Cc1cccc(N2CCN(C(=O)CCC3CCCCN3C)CC2)n1. The van der Waals surface area contributed by atoms with Crippen LogP contribution in [0.2, 0.25) is 0 Å². The van der Waals surface area contributed by atoms with Gasteiger partial charge in [-0.25, -0.2) is 4.98 Å². The summed E-state index contributed by atoms with van der Waals surface area (Å²) in [5.74, 6) is 1.36.